The van der Waals surface area contributed by atoms with Crippen LogP contribution in [0.15, 0.2) is 18.2 Å². The molecule has 0 aliphatic carbocycles. The average molecular weight is 254 g/mol. The summed E-state index contributed by atoms with van der Waals surface area (Å²) >= 11 is 6.24. The molecule has 1 heterocycles. The molecule has 0 spiro atoms. The quantitative estimate of drug-likeness (QED) is 0.896. The second-order valence-corrected chi connectivity index (χ2v) is 5.40. The van der Waals surface area contributed by atoms with Gasteiger partial charge in [-0.1, -0.05) is 23.7 Å². The van der Waals surface area contributed by atoms with Crippen LogP contribution in [0, 0.1) is 12.8 Å². The summed E-state index contributed by atoms with van der Waals surface area (Å²) in [4.78, 5) is 2.42. The minimum atomic E-state index is 0.332. The van der Waals surface area contributed by atoms with Crippen molar-refractivity contribution in [2.75, 3.05) is 19.7 Å². The van der Waals surface area contributed by atoms with E-state index < -0.39 is 0 Å². The van der Waals surface area contributed by atoms with Gasteiger partial charge in [0.05, 0.1) is 0 Å². The van der Waals surface area contributed by atoms with Crippen LogP contribution in [-0.2, 0) is 6.54 Å². The van der Waals surface area contributed by atoms with Crippen LogP contribution >= 0.6 is 11.6 Å². The van der Waals surface area contributed by atoms with Crippen LogP contribution in [0.3, 0.4) is 0 Å². The van der Waals surface area contributed by atoms with Crippen molar-refractivity contribution in [1.29, 1.82) is 0 Å². The summed E-state index contributed by atoms with van der Waals surface area (Å²) in [6.45, 7) is 5.45. The van der Waals surface area contributed by atoms with Gasteiger partial charge in [-0.25, -0.2) is 0 Å². The molecule has 94 valence electrons. The van der Waals surface area contributed by atoms with E-state index in [0.717, 1.165) is 37.5 Å². The largest absolute Gasteiger partial charge is 0.396 e. The SMILES string of the molecule is Cc1ccc(CN2CCC(CO)CC2)c(Cl)c1. The molecule has 1 aliphatic heterocycles. The van der Waals surface area contributed by atoms with Crippen molar-refractivity contribution >= 4 is 11.6 Å². The lowest BCUT2D eigenvalue weighted by atomic mass is 9.97. The van der Waals surface area contributed by atoms with E-state index in [-0.39, 0.29) is 0 Å². The molecule has 1 saturated heterocycles. The Bertz CT molecular complexity index is 372. The van der Waals surface area contributed by atoms with Gasteiger partial charge < -0.3 is 5.11 Å². The van der Waals surface area contributed by atoms with E-state index in [2.05, 4.69) is 24.0 Å². The van der Waals surface area contributed by atoms with Crippen molar-refractivity contribution in [1.82, 2.24) is 4.90 Å². The van der Waals surface area contributed by atoms with Crippen molar-refractivity contribution in [3.63, 3.8) is 0 Å². The lowest BCUT2D eigenvalue weighted by Gasteiger charge is -2.31. The van der Waals surface area contributed by atoms with Gasteiger partial charge >= 0.3 is 0 Å². The van der Waals surface area contributed by atoms with Crippen LogP contribution in [0.5, 0.6) is 0 Å². The first-order chi connectivity index (χ1) is 8.19. The average Bonchev–Trinajstić information content (AvgIpc) is 2.34. The minimum Gasteiger partial charge on any atom is -0.396 e. The minimum absolute atomic E-state index is 0.332. The summed E-state index contributed by atoms with van der Waals surface area (Å²) in [6, 6.07) is 6.26. The molecule has 17 heavy (non-hydrogen) atoms. The summed E-state index contributed by atoms with van der Waals surface area (Å²) in [5.74, 6) is 0.500. The van der Waals surface area contributed by atoms with E-state index in [4.69, 9.17) is 16.7 Å². The fraction of sp³-hybridized carbons (Fsp3) is 0.571. The molecule has 1 aliphatic rings. The highest BCUT2D eigenvalue weighted by atomic mass is 35.5. The molecular weight excluding hydrogens is 234 g/mol. The standard InChI is InChI=1S/C14H20ClNO/c1-11-2-3-13(14(15)8-11)9-16-6-4-12(10-17)5-7-16/h2-3,8,12,17H,4-7,9-10H2,1H3. The van der Waals surface area contributed by atoms with Gasteiger partial charge in [-0.15, -0.1) is 0 Å². The number of likely N-dealkylation sites (tertiary alicyclic amines) is 1. The molecule has 0 radical (unpaired) electrons. The Hall–Kier alpha value is -0.570. The van der Waals surface area contributed by atoms with Crippen LogP contribution in [-0.4, -0.2) is 29.7 Å². The van der Waals surface area contributed by atoms with Gasteiger partial charge in [-0.3, -0.25) is 4.90 Å². The molecule has 2 nitrogen and oxygen atoms in total. The van der Waals surface area contributed by atoms with E-state index in [1.54, 1.807) is 0 Å². The maximum absolute atomic E-state index is 9.10. The number of piperidine rings is 1. The van der Waals surface area contributed by atoms with Gasteiger partial charge in [0.25, 0.3) is 0 Å². The fourth-order valence-electron chi connectivity index (χ4n) is 2.35. The van der Waals surface area contributed by atoms with E-state index in [1.165, 1.54) is 11.1 Å². The number of nitrogens with zero attached hydrogens (tertiary/aromatic N) is 1. The van der Waals surface area contributed by atoms with E-state index in [0.29, 0.717) is 12.5 Å². The van der Waals surface area contributed by atoms with E-state index in [9.17, 15) is 0 Å². The molecule has 1 aromatic carbocycles. The Kier molecular flexibility index (Phi) is 4.43. The smallest absolute Gasteiger partial charge is 0.0460 e. The maximum atomic E-state index is 9.10. The van der Waals surface area contributed by atoms with Crippen LogP contribution < -0.4 is 0 Å². The molecule has 0 bridgehead atoms. The summed E-state index contributed by atoms with van der Waals surface area (Å²) in [6.07, 6.45) is 2.19. The predicted octanol–water partition coefficient (Wildman–Crippen LogP) is 2.85. The summed E-state index contributed by atoms with van der Waals surface area (Å²) in [5, 5.41) is 9.97. The van der Waals surface area contributed by atoms with Gasteiger partial charge in [0.2, 0.25) is 0 Å². The Morgan fingerprint density at radius 1 is 1.35 bits per heavy atom. The second kappa shape index (κ2) is 5.85. The molecule has 1 fully saturated rings. The van der Waals surface area contributed by atoms with E-state index in [1.807, 2.05) is 6.07 Å². The van der Waals surface area contributed by atoms with E-state index >= 15 is 0 Å². The molecule has 2 rings (SSSR count). The molecule has 0 unspecified atom stereocenters. The Morgan fingerprint density at radius 2 is 2.06 bits per heavy atom. The number of rotatable bonds is 3. The molecule has 0 saturated carbocycles. The molecule has 0 aromatic heterocycles. The number of hydrogen-bond acceptors (Lipinski definition) is 2. The highest BCUT2D eigenvalue weighted by molar-refractivity contribution is 6.31. The van der Waals surface area contributed by atoms with Gasteiger partial charge in [-0.05, 0) is 56.0 Å². The Labute approximate surface area is 108 Å². The zero-order valence-electron chi connectivity index (χ0n) is 10.3. The molecule has 3 heteroatoms. The number of halogens is 1. The third-order valence-electron chi connectivity index (χ3n) is 3.57. The van der Waals surface area contributed by atoms with Crippen molar-refractivity contribution in [3.8, 4) is 0 Å². The van der Waals surface area contributed by atoms with Gasteiger partial charge in [0.15, 0.2) is 0 Å². The first-order valence-electron chi connectivity index (χ1n) is 6.27. The Balaban J connectivity index is 1.93. The summed E-state index contributed by atoms with van der Waals surface area (Å²) in [5.41, 5.74) is 2.41. The number of benzene rings is 1. The molecule has 0 amide bonds. The zero-order valence-corrected chi connectivity index (χ0v) is 11.1. The number of aliphatic hydroxyl groups excluding tert-OH is 1. The fourth-order valence-corrected chi connectivity index (χ4v) is 2.64. The maximum Gasteiger partial charge on any atom is 0.0460 e. The number of hydrogen-bond donors (Lipinski definition) is 1. The first kappa shape index (κ1) is 12.9. The summed E-state index contributed by atoms with van der Waals surface area (Å²) < 4.78 is 0. The molecule has 0 atom stereocenters. The van der Waals surface area contributed by atoms with Gasteiger partial charge in [-0.2, -0.15) is 0 Å². The van der Waals surface area contributed by atoms with Gasteiger partial charge in [0.1, 0.15) is 0 Å². The van der Waals surface area contributed by atoms with Crippen molar-refractivity contribution in [3.05, 3.63) is 34.3 Å². The van der Waals surface area contributed by atoms with Gasteiger partial charge in [0, 0.05) is 18.2 Å². The lowest BCUT2D eigenvalue weighted by Crippen LogP contribution is -2.34. The van der Waals surface area contributed by atoms with Crippen LogP contribution in [0.2, 0.25) is 5.02 Å². The van der Waals surface area contributed by atoms with Crippen molar-refractivity contribution < 1.29 is 5.11 Å². The topological polar surface area (TPSA) is 23.5 Å². The van der Waals surface area contributed by atoms with Crippen molar-refractivity contribution in [2.45, 2.75) is 26.3 Å². The third-order valence-corrected chi connectivity index (χ3v) is 3.92. The second-order valence-electron chi connectivity index (χ2n) is 5.00. The van der Waals surface area contributed by atoms with Crippen LogP contribution in [0.25, 0.3) is 0 Å². The number of aryl methyl sites for hydroxylation is 1. The first-order valence-corrected chi connectivity index (χ1v) is 6.65. The Morgan fingerprint density at radius 3 is 2.65 bits per heavy atom. The third kappa shape index (κ3) is 3.44. The predicted molar refractivity (Wildman–Crippen MR) is 71.3 cm³/mol. The van der Waals surface area contributed by atoms with Crippen LogP contribution in [0.1, 0.15) is 24.0 Å². The molecular formula is C14H20ClNO. The zero-order chi connectivity index (χ0) is 12.3. The molecule has 1 aromatic rings. The highest BCUT2D eigenvalue weighted by Crippen LogP contribution is 2.22. The molecule has 1 N–H and O–H groups in total. The lowest BCUT2D eigenvalue weighted by molar-refractivity contribution is 0.127. The summed E-state index contributed by atoms with van der Waals surface area (Å²) in [7, 11) is 0. The normalized spacial score (nSPS) is 18.5. The van der Waals surface area contributed by atoms with Crippen LogP contribution in [0.4, 0.5) is 0 Å². The monoisotopic (exact) mass is 253 g/mol. The highest BCUT2D eigenvalue weighted by Gasteiger charge is 2.18. The number of aliphatic hydroxyl groups is 1. The van der Waals surface area contributed by atoms with Crippen molar-refractivity contribution in [2.24, 2.45) is 5.92 Å².